The third-order valence-electron chi connectivity index (χ3n) is 5.18. The summed E-state index contributed by atoms with van der Waals surface area (Å²) in [5.74, 6) is -1.15. The highest BCUT2D eigenvalue weighted by molar-refractivity contribution is 7.90. The number of nitrogen functional groups attached to an aromatic ring is 1. The first-order valence-corrected chi connectivity index (χ1v) is 11.7. The van der Waals surface area contributed by atoms with Crippen LogP contribution in [0.3, 0.4) is 0 Å². The molecule has 0 aliphatic rings. The molecule has 0 aliphatic heterocycles. The number of hydrogen-bond donors (Lipinski definition) is 1. The SMILES string of the molecule is CS(=O)(=O)c1ccc(-c2cnc(N)c(-c3ccc(-c4ccc(C(F)(F)F)c(F)c4)nc3)c2)cc1. The predicted octanol–water partition coefficient (Wildman–Crippen LogP) is 5.62. The molecule has 0 fully saturated rings. The number of rotatable bonds is 4. The smallest absolute Gasteiger partial charge is 0.383 e. The van der Waals surface area contributed by atoms with Gasteiger partial charge < -0.3 is 5.73 Å². The number of nitrogens with two attached hydrogens (primary N) is 1. The molecule has 34 heavy (non-hydrogen) atoms. The minimum absolute atomic E-state index is 0.194. The highest BCUT2D eigenvalue weighted by atomic mass is 32.2. The number of halogens is 4. The molecule has 2 aromatic heterocycles. The fourth-order valence-corrected chi connectivity index (χ4v) is 4.02. The molecule has 0 amide bonds. The van der Waals surface area contributed by atoms with Crippen molar-refractivity contribution in [2.24, 2.45) is 0 Å². The van der Waals surface area contributed by atoms with Gasteiger partial charge in [0.2, 0.25) is 0 Å². The topological polar surface area (TPSA) is 85.9 Å². The molecule has 2 heterocycles. The van der Waals surface area contributed by atoms with Gasteiger partial charge >= 0.3 is 6.18 Å². The third kappa shape index (κ3) is 4.76. The number of alkyl halides is 3. The van der Waals surface area contributed by atoms with Crippen LogP contribution in [0.5, 0.6) is 0 Å². The van der Waals surface area contributed by atoms with Crippen LogP contribution >= 0.6 is 0 Å². The molecule has 0 bridgehead atoms. The highest BCUT2D eigenvalue weighted by Crippen LogP contribution is 2.34. The summed E-state index contributed by atoms with van der Waals surface area (Å²) in [5.41, 5.74) is 7.75. The van der Waals surface area contributed by atoms with Crippen LogP contribution in [-0.2, 0) is 16.0 Å². The molecule has 0 saturated carbocycles. The molecule has 2 aromatic carbocycles. The molecule has 2 N–H and O–H groups in total. The number of benzene rings is 2. The van der Waals surface area contributed by atoms with Gasteiger partial charge in [-0.25, -0.2) is 17.8 Å². The molecule has 0 saturated heterocycles. The molecule has 174 valence electrons. The minimum Gasteiger partial charge on any atom is -0.383 e. The second-order valence-electron chi connectivity index (χ2n) is 7.58. The molecule has 4 rings (SSSR count). The first-order valence-electron chi connectivity index (χ1n) is 9.83. The quantitative estimate of drug-likeness (QED) is 0.378. The zero-order valence-electron chi connectivity index (χ0n) is 17.6. The van der Waals surface area contributed by atoms with Gasteiger partial charge in [-0.1, -0.05) is 24.3 Å². The maximum absolute atomic E-state index is 13.9. The highest BCUT2D eigenvalue weighted by Gasteiger charge is 2.34. The lowest BCUT2D eigenvalue weighted by Gasteiger charge is -2.11. The van der Waals surface area contributed by atoms with Crippen LogP contribution in [-0.4, -0.2) is 24.6 Å². The summed E-state index contributed by atoms with van der Waals surface area (Å²) in [4.78, 5) is 8.64. The van der Waals surface area contributed by atoms with E-state index in [1.54, 1.807) is 36.5 Å². The summed E-state index contributed by atoms with van der Waals surface area (Å²) < 4.78 is 75.6. The van der Waals surface area contributed by atoms with Gasteiger partial charge in [-0.05, 0) is 42.0 Å². The van der Waals surface area contributed by atoms with Crippen LogP contribution in [0.15, 0.2) is 78.0 Å². The summed E-state index contributed by atoms with van der Waals surface area (Å²) in [6.45, 7) is 0. The monoisotopic (exact) mass is 487 g/mol. The number of aromatic nitrogens is 2. The molecule has 10 heteroatoms. The Morgan fingerprint density at radius 2 is 1.41 bits per heavy atom. The maximum atomic E-state index is 13.9. The van der Waals surface area contributed by atoms with E-state index >= 15 is 0 Å². The first kappa shape index (κ1) is 23.4. The Balaban J connectivity index is 1.65. The van der Waals surface area contributed by atoms with Crippen molar-refractivity contribution in [1.29, 1.82) is 0 Å². The summed E-state index contributed by atoms with van der Waals surface area (Å²) in [5, 5.41) is 0. The van der Waals surface area contributed by atoms with E-state index in [-0.39, 0.29) is 22.0 Å². The van der Waals surface area contributed by atoms with Crippen molar-refractivity contribution in [3.63, 3.8) is 0 Å². The second kappa shape index (κ2) is 8.53. The van der Waals surface area contributed by atoms with Crippen molar-refractivity contribution in [3.05, 3.63) is 84.4 Å². The zero-order chi connectivity index (χ0) is 24.7. The molecule has 0 spiro atoms. The maximum Gasteiger partial charge on any atom is 0.419 e. The van der Waals surface area contributed by atoms with Crippen molar-refractivity contribution >= 4 is 15.7 Å². The van der Waals surface area contributed by atoms with Crippen molar-refractivity contribution in [2.75, 3.05) is 12.0 Å². The predicted molar refractivity (Wildman–Crippen MR) is 121 cm³/mol. The van der Waals surface area contributed by atoms with Gasteiger partial charge in [0.05, 0.1) is 16.2 Å². The summed E-state index contributed by atoms with van der Waals surface area (Å²) in [7, 11) is -3.32. The van der Waals surface area contributed by atoms with Crippen molar-refractivity contribution in [3.8, 4) is 33.5 Å². The van der Waals surface area contributed by atoms with E-state index in [0.717, 1.165) is 24.0 Å². The Morgan fingerprint density at radius 3 is 1.97 bits per heavy atom. The number of hydrogen-bond acceptors (Lipinski definition) is 5. The molecule has 0 atom stereocenters. The Hall–Kier alpha value is -3.79. The van der Waals surface area contributed by atoms with Crippen molar-refractivity contribution in [1.82, 2.24) is 9.97 Å². The van der Waals surface area contributed by atoms with Gasteiger partial charge in [0.1, 0.15) is 11.6 Å². The van der Waals surface area contributed by atoms with Crippen LogP contribution in [0.4, 0.5) is 23.4 Å². The van der Waals surface area contributed by atoms with Crippen LogP contribution in [0.1, 0.15) is 5.56 Å². The van der Waals surface area contributed by atoms with Crippen LogP contribution < -0.4 is 5.73 Å². The van der Waals surface area contributed by atoms with Gasteiger partial charge in [0, 0.05) is 40.9 Å². The van der Waals surface area contributed by atoms with Crippen LogP contribution in [0.2, 0.25) is 0 Å². The normalized spacial score (nSPS) is 12.0. The van der Waals surface area contributed by atoms with Crippen LogP contribution in [0, 0.1) is 5.82 Å². The number of nitrogens with zero attached hydrogens (tertiary/aromatic N) is 2. The molecular weight excluding hydrogens is 470 g/mol. The molecule has 0 unspecified atom stereocenters. The molecule has 0 radical (unpaired) electrons. The zero-order valence-corrected chi connectivity index (χ0v) is 18.5. The Morgan fingerprint density at radius 1 is 0.794 bits per heavy atom. The van der Waals surface area contributed by atoms with E-state index in [2.05, 4.69) is 9.97 Å². The number of pyridine rings is 2. The van der Waals surface area contributed by atoms with Gasteiger partial charge in [-0.15, -0.1) is 0 Å². The van der Waals surface area contributed by atoms with E-state index in [4.69, 9.17) is 5.73 Å². The van der Waals surface area contributed by atoms with Crippen LogP contribution in [0.25, 0.3) is 33.5 Å². The van der Waals surface area contributed by atoms with Gasteiger partial charge in [-0.2, -0.15) is 13.2 Å². The Bertz CT molecular complexity index is 1470. The average molecular weight is 487 g/mol. The average Bonchev–Trinajstić information content (AvgIpc) is 2.78. The fraction of sp³-hybridized carbons (Fsp3) is 0.0833. The van der Waals surface area contributed by atoms with Crippen molar-refractivity contribution in [2.45, 2.75) is 11.1 Å². The molecular formula is C24H17F4N3O2S. The largest absolute Gasteiger partial charge is 0.419 e. The standard InChI is InChI=1S/C24H17F4N3O2S/c1-34(32,33)18-6-2-14(3-7-18)17-10-19(23(29)31-13-17)16-5-9-22(30-12-16)15-4-8-20(21(25)11-15)24(26,27)28/h2-13H,1H3,(H2,29,31). The van der Waals surface area contributed by atoms with E-state index in [0.29, 0.717) is 22.8 Å². The van der Waals surface area contributed by atoms with E-state index in [9.17, 15) is 26.0 Å². The van der Waals surface area contributed by atoms with Crippen molar-refractivity contribution < 1.29 is 26.0 Å². The molecule has 5 nitrogen and oxygen atoms in total. The van der Waals surface area contributed by atoms with E-state index in [1.807, 2.05) is 0 Å². The van der Waals surface area contributed by atoms with Gasteiger partial charge in [-0.3, -0.25) is 4.98 Å². The lowest BCUT2D eigenvalue weighted by molar-refractivity contribution is -0.139. The lowest BCUT2D eigenvalue weighted by Crippen LogP contribution is -2.07. The molecule has 0 aliphatic carbocycles. The lowest BCUT2D eigenvalue weighted by atomic mass is 10.0. The summed E-state index contributed by atoms with van der Waals surface area (Å²) in [6.07, 6.45) is -0.628. The minimum atomic E-state index is -4.78. The second-order valence-corrected chi connectivity index (χ2v) is 9.59. The first-order chi connectivity index (χ1) is 15.9. The fourth-order valence-electron chi connectivity index (χ4n) is 3.39. The summed E-state index contributed by atoms with van der Waals surface area (Å²) in [6, 6.07) is 13.9. The summed E-state index contributed by atoms with van der Waals surface area (Å²) >= 11 is 0. The number of sulfone groups is 1. The Kier molecular flexibility index (Phi) is 5.86. The van der Waals surface area contributed by atoms with E-state index in [1.165, 1.54) is 18.3 Å². The van der Waals surface area contributed by atoms with Gasteiger partial charge in [0.15, 0.2) is 9.84 Å². The van der Waals surface area contributed by atoms with Gasteiger partial charge in [0.25, 0.3) is 0 Å². The Labute approximate surface area is 192 Å². The molecule has 4 aromatic rings. The third-order valence-corrected chi connectivity index (χ3v) is 6.31. The number of anilines is 1. The van der Waals surface area contributed by atoms with E-state index < -0.39 is 27.4 Å².